The Hall–Kier alpha value is -1.72. The van der Waals surface area contributed by atoms with Gasteiger partial charge in [-0.25, -0.2) is 4.99 Å². The number of carbonyl (C=O) groups excluding carboxylic acids is 1. The highest BCUT2D eigenvalue weighted by molar-refractivity contribution is 8.38. The number of hydrogen-bond acceptors (Lipinski definition) is 4. The number of fused-ring (bicyclic) bond motifs is 1. The second-order valence-corrected chi connectivity index (χ2v) is 9.36. The molecule has 5 heteroatoms. The zero-order valence-corrected chi connectivity index (χ0v) is 17.1. The van der Waals surface area contributed by atoms with Crippen LogP contribution in [-0.4, -0.2) is 27.0 Å². The summed E-state index contributed by atoms with van der Waals surface area (Å²) in [7, 11) is 0. The summed E-state index contributed by atoms with van der Waals surface area (Å²) in [6.45, 7) is 2.90. The zero-order valence-electron chi connectivity index (χ0n) is 15.5. The van der Waals surface area contributed by atoms with Crippen LogP contribution in [0.25, 0.3) is 0 Å². The van der Waals surface area contributed by atoms with E-state index in [1.807, 2.05) is 30.3 Å². The average molecular weight is 397 g/mol. The molecule has 1 fully saturated rings. The van der Waals surface area contributed by atoms with Crippen molar-refractivity contribution in [2.45, 2.75) is 38.1 Å². The first-order valence-electron chi connectivity index (χ1n) is 9.46. The van der Waals surface area contributed by atoms with Gasteiger partial charge in [-0.15, -0.1) is 0 Å². The third-order valence-corrected chi connectivity index (χ3v) is 7.42. The second-order valence-electron chi connectivity index (χ2n) is 7.17. The van der Waals surface area contributed by atoms with Gasteiger partial charge in [0.1, 0.15) is 4.38 Å². The predicted octanol–water partition coefficient (Wildman–Crippen LogP) is 5.48. The van der Waals surface area contributed by atoms with Gasteiger partial charge >= 0.3 is 0 Å². The summed E-state index contributed by atoms with van der Waals surface area (Å²) in [6.07, 6.45) is 2.48. The van der Waals surface area contributed by atoms with Crippen LogP contribution in [0, 0.1) is 5.92 Å². The number of benzene rings is 2. The highest BCUT2D eigenvalue weighted by atomic mass is 32.2. The highest BCUT2D eigenvalue weighted by Gasteiger charge is 2.34. The number of thioether (sulfide) groups is 2. The van der Waals surface area contributed by atoms with Crippen molar-refractivity contribution in [3.05, 3.63) is 65.7 Å². The number of amides is 1. The van der Waals surface area contributed by atoms with Crippen molar-refractivity contribution < 1.29 is 4.79 Å². The zero-order chi connectivity index (χ0) is 18.6. The van der Waals surface area contributed by atoms with Crippen LogP contribution in [0.1, 0.15) is 30.9 Å². The molecule has 1 atom stereocenters. The minimum Gasteiger partial charge on any atom is -0.335 e. The Bertz CT molecular complexity index is 833. The van der Waals surface area contributed by atoms with Gasteiger partial charge in [0.15, 0.2) is 0 Å². The molecule has 0 unspecified atom stereocenters. The Kier molecular flexibility index (Phi) is 5.89. The number of nitrogens with zero attached hydrogens (tertiary/aromatic N) is 2. The van der Waals surface area contributed by atoms with Gasteiger partial charge in [-0.05, 0) is 42.9 Å². The molecule has 0 spiro atoms. The van der Waals surface area contributed by atoms with E-state index in [4.69, 9.17) is 4.99 Å². The van der Waals surface area contributed by atoms with Crippen LogP contribution >= 0.6 is 23.5 Å². The molecule has 2 aliphatic rings. The van der Waals surface area contributed by atoms with E-state index in [1.54, 1.807) is 23.5 Å². The van der Waals surface area contributed by atoms with Crippen LogP contribution in [0.5, 0.6) is 0 Å². The molecule has 1 saturated carbocycles. The van der Waals surface area contributed by atoms with Crippen LogP contribution in [0.2, 0.25) is 0 Å². The molecule has 0 saturated heterocycles. The molecule has 0 radical (unpaired) electrons. The Labute approximate surface area is 169 Å². The Morgan fingerprint density at radius 3 is 2.70 bits per heavy atom. The summed E-state index contributed by atoms with van der Waals surface area (Å²) in [5, 5.41) is 0. The minimum atomic E-state index is 0.213. The molecule has 2 aromatic carbocycles. The molecule has 1 heterocycles. The van der Waals surface area contributed by atoms with Crippen molar-refractivity contribution >= 4 is 39.5 Å². The predicted molar refractivity (Wildman–Crippen MR) is 116 cm³/mol. The summed E-state index contributed by atoms with van der Waals surface area (Å²) < 4.78 is 1.00. The van der Waals surface area contributed by atoms with Gasteiger partial charge in [0, 0.05) is 18.3 Å². The van der Waals surface area contributed by atoms with Crippen molar-refractivity contribution in [2.24, 2.45) is 10.9 Å². The lowest BCUT2D eigenvalue weighted by molar-refractivity contribution is -0.131. The molecular weight excluding hydrogens is 372 g/mol. The number of para-hydroxylation sites is 1. The van der Waals surface area contributed by atoms with E-state index in [2.05, 4.69) is 36.1 Å². The van der Waals surface area contributed by atoms with Crippen molar-refractivity contribution in [3.63, 3.8) is 0 Å². The number of rotatable bonds is 6. The average Bonchev–Trinajstić information content (AvgIpc) is 3.56. The van der Waals surface area contributed by atoms with Crippen molar-refractivity contribution in [1.29, 1.82) is 0 Å². The van der Waals surface area contributed by atoms with Crippen molar-refractivity contribution in [1.82, 2.24) is 4.90 Å². The maximum absolute atomic E-state index is 13.1. The fourth-order valence-electron chi connectivity index (χ4n) is 3.36. The number of aliphatic imine (C=N–C) groups is 1. The van der Waals surface area contributed by atoms with Gasteiger partial charge in [0.25, 0.3) is 0 Å². The fourth-order valence-corrected chi connectivity index (χ4v) is 5.31. The van der Waals surface area contributed by atoms with Crippen LogP contribution < -0.4 is 0 Å². The molecule has 0 aromatic heterocycles. The summed E-state index contributed by atoms with van der Waals surface area (Å²) in [6, 6.07) is 18.9. The van der Waals surface area contributed by atoms with Crippen LogP contribution in [0.4, 0.5) is 5.69 Å². The maximum atomic E-state index is 13.1. The van der Waals surface area contributed by atoms with Gasteiger partial charge in [0.05, 0.1) is 11.4 Å². The summed E-state index contributed by atoms with van der Waals surface area (Å²) >= 11 is 3.31. The summed E-state index contributed by atoms with van der Waals surface area (Å²) in [5.41, 5.74) is 3.51. The van der Waals surface area contributed by atoms with E-state index in [0.29, 0.717) is 24.3 Å². The third kappa shape index (κ3) is 4.77. The molecule has 1 aliphatic heterocycles. The van der Waals surface area contributed by atoms with Crippen LogP contribution in [0.3, 0.4) is 0 Å². The van der Waals surface area contributed by atoms with E-state index in [9.17, 15) is 4.79 Å². The Morgan fingerprint density at radius 1 is 1.19 bits per heavy atom. The van der Waals surface area contributed by atoms with Crippen molar-refractivity contribution in [3.8, 4) is 0 Å². The van der Waals surface area contributed by atoms with E-state index in [-0.39, 0.29) is 5.91 Å². The summed E-state index contributed by atoms with van der Waals surface area (Å²) in [4.78, 5) is 19.8. The molecule has 3 nitrogen and oxygen atoms in total. The SMILES string of the molecule is C[C@H](C1CC1)N(Cc1ccccc1)C(=O)CSC1=Nc2ccccc2CS1. The highest BCUT2D eigenvalue weighted by Crippen LogP contribution is 2.37. The molecule has 1 amide bonds. The lowest BCUT2D eigenvalue weighted by atomic mass is 10.1. The largest absolute Gasteiger partial charge is 0.335 e. The van der Waals surface area contributed by atoms with Gasteiger partial charge in [-0.2, -0.15) is 0 Å². The topological polar surface area (TPSA) is 32.7 Å². The monoisotopic (exact) mass is 396 g/mol. The van der Waals surface area contributed by atoms with Crippen molar-refractivity contribution in [2.75, 3.05) is 5.75 Å². The number of hydrogen-bond donors (Lipinski definition) is 0. The molecular formula is C22H24N2OS2. The van der Waals surface area contributed by atoms with E-state index in [1.165, 1.54) is 24.0 Å². The normalized spacial score (nSPS) is 17.0. The van der Waals surface area contributed by atoms with Crippen LogP contribution in [0.15, 0.2) is 59.6 Å². The minimum absolute atomic E-state index is 0.213. The lowest BCUT2D eigenvalue weighted by Gasteiger charge is -2.30. The Balaban J connectivity index is 1.42. The summed E-state index contributed by atoms with van der Waals surface area (Å²) in [5.74, 6) is 2.27. The smallest absolute Gasteiger partial charge is 0.233 e. The van der Waals surface area contributed by atoms with E-state index >= 15 is 0 Å². The first kappa shape index (κ1) is 18.6. The third-order valence-electron chi connectivity index (χ3n) is 5.19. The molecule has 1 aliphatic carbocycles. The lowest BCUT2D eigenvalue weighted by Crippen LogP contribution is -2.40. The maximum Gasteiger partial charge on any atom is 0.233 e. The second kappa shape index (κ2) is 8.53. The van der Waals surface area contributed by atoms with Gasteiger partial charge in [-0.3, -0.25) is 4.79 Å². The molecule has 0 N–H and O–H groups in total. The van der Waals surface area contributed by atoms with Crippen LogP contribution in [-0.2, 0) is 17.1 Å². The molecule has 27 heavy (non-hydrogen) atoms. The van der Waals surface area contributed by atoms with E-state index in [0.717, 1.165) is 15.8 Å². The quantitative estimate of drug-likeness (QED) is 0.648. The number of carbonyl (C=O) groups is 1. The molecule has 140 valence electrons. The Morgan fingerprint density at radius 2 is 1.93 bits per heavy atom. The first-order valence-corrected chi connectivity index (χ1v) is 11.4. The van der Waals surface area contributed by atoms with Gasteiger partial charge in [-0.1, -0.05) is 72.1 Å². The molecule has 0 bridgehead atoms. The van der Waals surface area contributed by atoms with E-state index < -0.39 is 0 Å². The first-order chi connectivity index (χ1) is 13.2. The molecule has 4 rings (SSSR count). The molecule has 2 aromatic rings. The standard InChI is InChI=1S/C22H24N2OS2/c1-16(18-11-12-18)24(13-17-7-3-2-4-8-17)21(25)15-27-22-23-20-10-6-5-9-19(20)14-26-22/h2-10,16,18H,11-15H2,1H3/t16-/m1/s1. The van der Waals surface area contributed by atoms with Gasteiger partial charge in [0.2, 0.25) is 5.91 Å². The fraction of sp³-hybridized carbons (Fsp3) is 0.364. The van der Waals surface area contributed by atoms with Gasteiger partial charge < -0.3 is 4.90 Å².